The summed E-state index contributed by atoms with van der Waals surface area (Å²) in [6.45, 7) is 0. The Morgan fingerprint density at radius 1 is 1.25 bits per heavy atom. The lowest BCUT2D eigenvalue weighted by Crippen LogP contribution is -1.99. The topological polar surface area (TPSA) is 17.1 Å². The Balaban J connectivity index is 1.94. The first-order chi connectivity index (χ1) is 7.75. The van der Waals surface area contributed by atoms with Crippen LogP contribution in [-0.4, -0.2) is 5.78 Å². The van der Waals surface area contributed by atoms with E-state index in [-0.39, 0.29) is 5.78 Å². The number of rotatable bonds is 4. The van der Waals surface area contributed by atoms with Crippen LogP contribution in [0.4, 0.5) is 0 Å². The molecule has 0 aliphatic carbocycles. The second-order valence-electron chi connectivity index (χ2n) is 3.55. The molecule has 1 heterocycles. The third kappa shape index (κ3) is 3.15. The zero-order valence-electron chi connectivity index (χ0n) is 8.65. The first-order valence-electron chi connectivity index (χ1n) is 5.07. The molecule has 1 aromatic heterocycles. The van der Waals surface area contributed by atoms with E-state index in [1.807, 2.05) is 29.6 Å². The minimum Gasteiger partial charge on any atom is -0.294 e. The van der Waals surface area contributed by atoms with E-state index in [0.717, 1.165) is 12.0 Å². The van der Waals surface area contributed by atoms with Gasteiger partial charge < -0.3 is 0 Å². The number of carbonyl (C=O) groups excluding carboxylic acids is 1. The highest BCUT2D eigenvalue weighted by molar-refractivity contribution is 14.1. The fraction of sp³-hybridized carbons (Fsp3) is 0.154. The lowest BCUT2D eigenvalue weighted by atomic mass is 10.1. The predicted molar refractivity (Wildman–Crippen MR) is 76.1 cm³/mol. The van der Waals surface area contributed by atoms with E-state index in [0.29, 0.717) is 6.42 Å². The van der Waals surface area contributed by atoms with Gasteiger partial charge in [0.15, 0.2) is 5.78 Å². The number of aryl methyl sites for hydroxylation is 1. The molecule has 0 saturated carbocycles. The van der Waals surface area contributed by atoms with Crippen molar-refractivity contribution < 1.29 is 4.79 Å². The Bertz CT molecular complexity index is 476. The largest absolute Gasteiger partial charge is 0.294 e. The van der Waals surface area contributed by atoms with Gasteiger partial charge in [-0.1, -0.05) is 30.3 Å². The minimum absolute atomic E-state index is 0.239. The molecule has 2 rings (SSSR count). The number of benzene rings is 1. The van der Waals surface area contributed by atoms with Crippen LogP contribution in [0.2, 0.25) is 0 Å². The van der Waals surface area contributed by atoms with Crippen LogP contribution in [0.25, 0.3) is 0 Å². The molecule has 0 atom stereocenters. The van der Waals surface area contributed by atoms with Gasteiger partial charge in [0.2, 0.25) is 0 Å². The van der Waals surface area contributed by atoms with Crippen molar-refractivity contribution in [3.8, 4) is 0 Å². The molecule has 1 aromatic carbocycles. The van der Waals surface area contributed by atoms with Gasteiger partial charge in [-0.05, 0) is 40.6 Å². The molecular formula is C13H11IOS. The molecule has 0 amide bonds. The highest BCUT2D eigenvalue weighted by Gasteiger charge is 2.07. The third-order valence-electron chi connectivity index (χ3n) is 2.37. The van der Waals surface area contributed by atoms with E-state index >= 15 is 0 Å². The molecule has 82 valence electrons. The zero-order valence-corrected chi connectivity index (χ0v) is 11.6. The summed E-state index contributed by atoms with van der Waals surface area (Å²) in [5.41, 5.74) is 2.08. The molecule has 2 aromatic rings. The van der Waals surface area contributed by atoms with Gasteiger partial charge in [-0.3, -0.25) is 4.79 Å². The van der Waals surface area contributed by atoms with Gasteiger partial charge in [-0.25, -0.2) is 0 Å². The number of carbonyl (C=O) groups is 1. The van der Waals surface area contributed by atoms with Crippen molar-refractivity contribution in [1.29, 1.82) is 0 Å². The van der Waals surface area contributed by atoms with Crippen molar-refractivity contribution in [2.24, 2.45) is 0 Å². The van der Waals surface area contributed by atoms with Crippen molar-refractivity contribution in [3.05, 3.63) is 55.8 Å². The SMILES string of the molecule is O=C(CCc1ccccc1)c1csc(I)c1. The maximum atomic E-state index is 11.8. The number of hydrogen-bond donors (Lipinski definition) is 0. The van der Waals surface area contributed by atoms with Crippen molar-refractivity contribution in [2.45, 2.75) is 12.8 Å². The van der Waals surface area contributed by atoms with Gasteiger partial charge in [-0.2, -0.15) is 0 Å². The molecule has 1 nitrogen and oxygen atoms in total. The first-order valence-corrected chi connectivity index (χ1v) is 7.03. The molecule has 0 unspecified atom stereocenters. The van der Waals surface area contributed by atoms with E-state index in [2.05, 4.69) is 34.7 Å². The lowest BCUT2D eigenvalue weighted by Gasteiger charge is -1.99. The van der Waals surface area contributed by atoms with Crippen LogP contribution in [0.15, 0.2) is 41.8 Å². The predicted octanol–water partition coefficient (Wildman–Crippen LogP) is 4.17. The van der Waals surface area contributed by atoms with E-state index < -0.39 is 0 Å². The molecule has 16 heavy (non-hydrogen) atoms. The highest BCUT2D eigenvalue weighted by atomic mass is 127. The second-order valence-corrected chi connectivity index (χ2v) is 6.35. The van der Waals surface area contributed by atoms with Gasteiger partial charge in [0.25, 0.3) is 0 Å². The van der Waals surface area contributed by atoms with Crippen LogP contribution in [0.5, 0.6) is 0 Å². The van der Waals surface area contributed by atoms with E-state index in [1.165, 1.54) is 8.45 Å². The fourth-order valence-corrected chi connectivity index (χ4v) is 2.85. The lowest BCUT2D eigenvalue weighted by molar-refractivity contribution is 0.0983. The summed E-state index contributed by atoms with van der Waals surface area (Å²) >= 11 is 3.86. The molecule has 0 aliphatic rings. The summed E-state index contributed by atoms with van der Waals surface area (Å²) in [4.78, 5) is 11.8. The number of halogens is 1. The first kappa shape index (κ1) is 11.8. The van der Waals surface area contributed by atoms with E-state index in [1.54, 1.807) is 11.3 Å². The average molecular weight is 342 g/mol. The van der Waals surface area contributed by atoms with Gasteiger partial charge >= 0.3 is 0 Å². The van der Waals surface area contributed by atoms with E-state index in [9.17, 15) is 4.79 Å². The molecule has 0 saturated heterocycles. The van der Waals surface area contributed by atoms with Crippen LogP contribution in [0.1, 0.15) is 22.3 Å². The maximum absolute atomic E-state index is 11.8. The van der Waals surface area contributed by atoms with Gasteiger partial charge in [0.1, 0.15) is 0 Å². The molecule has 0 radical (unpaired) electrons. The Kier molecular flexibility index (Phi) is 4.12. The molecule has 0 N–H and O–H groups in total. The summed E-state index contributed by atoms with van der Waals surface area (Å²) in [6.07, 6.45) is 1.42. The van der Waals surface area contributed by atoms with Crippen LogP contribution in [0.3, 0.4) is 0 Å². The zero-order chi connectivity index (χ0) is 11.4. The van der Waals surface area contributed by atoms with Crippen molar-refractivity contribution in [1.82, 2.24) is 0 Å². The Morgan fingerprint density at radius 2 is 2.00 bits per heavy atom. The van der Waals surface area contributed by atoms with Crippen LogP contribution < -0.4 is 0 Å². The number of thiophene rings is 1. The summed E-state index contributed by atoms with van der Waals surface area (Å²) < 4.78 is 1.17. The molecule has 0 aliphatic heterocycles. The maximum Gasteiger partial charge on any atom is 0.164 e. The molecule has 3 heteroatoms. The molecule has 0 fully saturated rings. The Hall–Kier alpha value is -0.680. The van der Waals surface area contributed by atoms with Gasteiger partial charge in [0, 0.05) is 17.4 Å². The fourth-order valence-electron chi connectivity index (χ4n) is 1.50. The number of Topliss-reactive ketones (excluding diaryl/α,β-unsaturated/α-hetero) is 1. The van der Waals surface area contributed by atoms with Gasteiger partial charge in [0.05, 0.1) is 2.88 Å². The summed E-state index contributed by atoms with van der Waals surface area (Å²) in [7, 11) is 0. The molecule has 0 spiro atoms. The monoisotopic (exact) mass is 342 g/mol. The second kappa shape index (κ2) is 5.59. The van der Waals surface area contributed by atoms with Crippen LogP contribution >= 0.6 is 33.9 Å². The molecular weight excluding hydrogens is 331 g/mol. The van der Waals surface area contributed by atoms with Gasteiger partial charge in [-0.15, -0.1) is 11.3 Å². The van der Waals surface area contributed by atoms with Crippen molar-refractivity contribution >= 4 is 39.7 Å². The average Bonchev–Trinajstić information content (AvgIpc) is 2.74. The normalized spacial score (nSPS) is 10.3. The standard InChI is InChI=1S/C13H11IOS/c14-13-8-11(9-16-13)12(15)7-6-10-4-2-1-3-5-10/h1-5,8-9H,6-7H2. The summed E-state index contributed by atoms with van der Waals surface area (Å²) in [5, 5.41) is 1.94. The van der Waals surface area contributed by atoms with Crippen molar-refractivity contribution in [2.75, 3.05) is 0 Å². The van der Waals surface area contributed by atoms with Crippen LogP contribution in [-0.2, 0) is 6.42 Å². The number of ketones is 1. The smallest absolute Gasteiger partial charge is 0.164 e. The molecule has 0 bridgehead atoms. The van der Waals surface area contributed by atoms with Crippen LogP contribution in [0, 0.1) is 2.88 Å². The van der Waals surface area contributed by atoms with E-state index in [4.69, 9.17) is 0 Å². The number of hydrogen-bond acceptors (Lipinski definition) is 2. The Labute approximate surface area is 113 Å². The highest BCUT2D eigenvalue weighted by Crippen LogP contribution is 2.18. The summed E-state index contributed by atoms with van der Waals surface area (Å²) in [5.74, 6) is 0.239. The van der Waals surface area contributed by atoms with Crippen molar-refractivity contribution in [3.63, 3.8) is 0 Å². The summed E-state index contributed by atoms with van der Waals surface area (Å²) in [6, 6.07) is 12.1. The Morgan fingerprint density at radius 3 is 2.62 bits per heavy atom. The minimum atomic E-state index is 0.239. The third-order valence-corrected chi connectivity index (χ3v) is 4.16. The quantitative estimate of drug-likeness (QED) is 0.602.